The number of nitrogens with one attached hydrogen (secondary N) is 2. The highest BCUT2D eigenvalue weighted by atomic mass is 16.5. The Morgan fingerprint density at radius 3 is 2.14 bits per heavy atom. The SMILES string of the molecule is CCC(C)(CNC(=O)CC1CC(CNC(=O)OCC2c3ccccc3-c3ccccc32)C1)C(=O)O. The molecule has 2 aliphatic rings. The molecule has 3 N–H and O–H groups in total. The quantitative estimate of drug-likeness (QED) is 0.464. The molecule has 0 spiro atoms. The van der Waals surface area contributed by atoms with E-state index < -0.39 is 17.5 Å². The van der Waals surface area contributed by atoms with Crippen molar-refractivity contribution in [1.29, 1.82) is 0 Å². The van der Waals surface area contributed by atoms with E-state index in [1.165, 1.54) is 22.3 Å². The zero-order valence-electron chi connectivity index (χ0n) is 20.4. The van der Waals surface area contributed by atoms with Crippen LogP contribution in [0.1, 0.15) is 56.6 Å². The fourth-order valence-corrected chi connectivity index (χ4v) is 5.06. The summed E-state index contributed by atoms with van der Waals surface area (Å²) in [5.41, 5.74) is 3.83. The maximum Gasteiger partial charge on any atom is 0.407 e. The number of benzene rings is 2. The van der Waals surface area contributed by atoms with Gasteiger partial charge in [-0.25, -0.2) is 4.79 Å². The van der Waals surface area contributed by atoms with Crippen LogP contribution in [0.4, 0.5) is 4.79 Å². The van der Waals surface area contributed by atoms with Gasteiger partial charge < -0.3 is 20.5 Å². The maximum atomic E-state index is 12.3. The van der Waals surface area contributed by atoms with E-state index >= 15 is 0 Å². The summed E-state index contributed by atoms with van der Waals surface area (Å²) >= 11 is 0. The van der Waals surface area contributed by atoms with Gasteiger partial charge in [-0.3, -0.25) is 9.59 Å². The minimum absolute atomic E-state index is 0.0374. The van der Waals surface area contributed by atoms with E-state index in [-0.39, 0.29) is 24.3 Å². The molecule has 7 heteroatoms. The van der Waals surface area contributed by atoms with Crippen molar-refractivity contribution in [2.45, 2.75) is 45.4 Å². The summed E-state index contributed by atoms with van der Waals surface area (Å²) in [4.78, 5) is 35.9. The Balaban J connectivity index is 1.16. The first-order valence-corrected chi connectivity index (χ1v) is 12.4. The van der Waals surface area contributed by atoms with Gasteiger partial charge in [-0.1, -0.05) is 55.5 Å². The molecule has 0 saturated heterocycles. The monoisotopic (exact) mass is 478 g/mol. The van der Waals surface area contributed by atoms with Crippen LogP contribution in [-0.2, 0) is 14.3 Å². The average Bonchev–Trinajstić information content (AvgIpc) is 3.16. The molecule has 1 atom stereocenters. The van der Waals surface area contributed by atoms with E-state index in [2.05, 4.69) is 34.9 Å². The largest absolute Gasteiger partial charge is 0.481 e. The van der Waals surface area contributed by atoms with Gasteiger partial charge in [0, 0.05) is 25.4 Å². The fraction of sp³-hybridized carbons (Fsp3) is 0.464. The Morgan fingerprint density at radius 1 is 0.971 bits per heavy atom. The third kappa shape index (κ3) is 5.50. The standard InChI is InChI=1S/C28H34N2O5/c1-3-28(2,26(32)33)17-30-25(31)14-18-12-19(13-18)15-29-27(34)35-16-24-22-10-6-4-8-20(22)21-9-5-7-11-23(21)24/h4-11,18-19,24H,3,12-17H2,1-2H3,(H,29,34)(H,30,31)(H,32,33). The summed E-state index contributed by atoms with van der Waals surface area (Å²) in [7, 11) is 0. The van der Waals surface area contributed by atoms with Gasteiger partial charge in [0.15, 0.2) is 0 Å². The number of carboxylic acid groups (broad SMARTS) is 1. The molecule has 1 fully saturated rings. The van der Waals surface area contributed by atoms with Crippen molar-refractivity contribution >= 4 is 18.0 Å². The fourth-order valence-electron chi connectivity index (χ4n) is 5.06. The van der Waals surface area contributed by atoms with Gasteiger partial charge in [-0.15, -0.1) is 0 Å². The van der Waals surface area contributed by atoms with Crippen molar-refractivity contribution in [3.63, 3.8) is 0 Å². The van der Waals surface area contributed by atoms with E-state index in [0.717, 1.165) is 12.8 Å². The molecule has 0 aliphatic heterocycles. The number of alkyl carbamates (subject to hydrolysis) is 1. The van der Waals surface area contributed by atoms with Gasteiger partial charge in [0.05, 0.1) is 5.41 Å². The Bertz CT molecular complexity index is 1050. The molecular weight excluding hydrogens is 444 g/mol. The number of aliphatic carboxylic acids is 1. The number of carboxylic acids is 1. The molecule has 0 radical (unpaired) electrons. The molecule has 2 aromatic carbocycles. The molecule has 2 aliphatic carbocycles. The number of fused-ring (bicyclic) bond motifs is 3. The predicted octanol–water partition coefficient (Wildman–Crippen LogP) is 4.56. The Labute approximate surface area is 206 Å². The number of carbonyl (C=O) groups excluding carboxylic acids is 2. The molecular formula is C28H34N2O5. The van der Waals surface area contributed by atoms with E-state index in [1.54, 1.807) is 13.8 Å². The third-order valence-electron chi connectivity index (χ3n) is 7.66. The second-order valence-electron chi connectivity index (χ2n) is 10.1. The Morgan fingerprint density at radius 2 is 1.57 bits per heavy atom. The topological polar surface area (TPSA) is 105 Å². The summed E-state index contributed by atoms with van der Waals surface area (Å²) in [6.07, 6.45) is 2.15. The van der Waals surface area contributed by atoms with Crippen molar-refractivity contribution in [3.05, 3.63) is 59.7 Å². The minimum Gasteiger partial charge on any atom is -0.481 e. The van der Waals surface area contributed by atoms with Gasteiger partial charge in [0.1, 0.15) is 6.61 Å². The Hall–Kier alpha value is -3.35. The number of hydrogen-bond acceptors (Lipinski definition) is 4. The maximum absolute atomic E-state index is 12.3. The molecule has 0 heterocycles. The summed E-state index contributed by atoms with van der Waals surface area (Å²) < 4.78 is 5.58. The van der Waals surface area contributed by atoms with E-state index in [1.807, 2.05) is 24.3 Å². The zero-order chi connectivity index (χ0) is 25.0. The van der Waals surface area contributed by atoms with E-state index in [4.69, 9.17) is 4.74 Å². The van der Waals surface area contributed by atoms with Crippen molar-refractivity contribution in [2.24, 2.45) is 17.3 Å². The van der Waals surface area contributed by atoms with Crippen molar-refractivity contribution in [3.8, 4) is 11.1 Å². The van der Waals surface area contributed by atoms with Crippen LogP contribution in [0.5, 0.6) is 0 Å². The van der Waals surface area contributed by atoms with Crippen LogP contribution in [0.2, 0.25) is 0 Å². The summed E-state index contributed by atoms with van der Waals surface area (Å²) in [6, 6.07) is 16.5. The van der Waals surface area contributed by atoms with Crippen molar-refractivity contribution in [1.82, 2.24) is 10.6 Å². The molecule has 4 rings (SSSR count). The van der Waals surface area contributed by atoms with Gasteiger partial charge in [0.2, 0.25) is 5.91 Å². The summed E-state index contributed by atoms with van der Waals surface area (Å²) in [6.45, 7) is 4.41. The second kappa shape index (κ2) is 10.5. The zero-order valence-corrected chi connectivity index (χ0v) is 20.4. The smallest absolute Gasteiger partial charge is 0.407 e. The van der Waals surface area contributed by atoms with Gasteiger partial charge in [-0.2, -0.15) is 0 Å². The van der Waals surface area contributed by atoms with Crippen molar-refractivity contribution in [2.75, 3.05) is 19.7 Å². The molecule has 0 bridgehead atoms. The van der Waals surface area contributed by atoms with E-state index in [9.17, 15) is 19.5 Å². The first-order chi connectivity index (χ1) is 16.8. The molecule has 7 nitrogen and oxygen atoms in total. The Kier molecular flexibility index (Phi) is 7.43. The van der Waals surface area contributed by atoms with Crippen LogP contribution < -0.4 is 10.6 Å². The molecule has 2 amide bonds. The number of rotatable bonds is 10. The number of carbonyl (C=O) groups is 3. The lowest BCUT2D eigenvalue weighted by molar-refractivity contribution is -0.148. The van der Waals surface area contributed by atoms with Crippen LogP contribution in [0, 0.1) is 17.3 Å². The van der Waals surface area contributed by atoms with Crippen LogP contribution in [0.25, 0.3) is 11.1 Å². The van der Waals surface area contributed by atoms with Crippen molar-refractivity contribution < 1.29 is 24.2 Å². The summed E-state index contributed by atoms with van der Waals surface area (Å²) in [5, 5.41) is 15.0. The lowest BCUT2D eigenvalue weighted by Crippen LogP contribution is -2.42. The highest BCUT2D eigenvalue weighted by Gasteiger charge is 2.34. The normalized spacial score (nSPS) is 20.1. The first-order valence-electron chi connectivity index (χ1n) is 12.4. The first kappa shape index (κ1) is 24.8. The molecule has 1 unspecified atom stereocenters. The molecule has 2 aromatic rings. The molecule has 186 valence electrons. The molecule has 35 heavy (non-hydrogen) atoms. The average molecular weight is 479 g/mol. The van der Waals surface area contributed by atoms with Crippen LogP contribution in [0.15, 0.2) is 48.5 Å². The predicted molar refractivity (Wildman–Crippen MR) is 133 cm³/mol. The lowest BCUT2D eigenvalue weighted by atomic mass is 9.73. The van der Waals surface area contributed by atoms with E-state index in [0.29, 0.717) is 31.9 Å². The number of ether oxygens (including phenoxy) is 1. The van der Waals surface area contributed by atoms with Crippen LogP contribution in [0.3, 0.4) is 0 Å². The molecule has 0 aromatic heterocycles. The number of amides is 2. The number of hydrogen-bond donors (Lipinski definition) is 3. The molecule has 1 saturated carbocycles. The lowest BCUT2D eigenvalue weighted by Gasteiger charge is -2.35. The van der Waals surface area contributed by atoms with Crippen LogP contribution >= 0.6 is 0 Å². The van der Waals surface area contributed by atoms with Gasteiger partial charge in [0.25, 0.3) is 0 Å². The second-order valence-corrected chi connectivity index (χ2v) is 10.1. The highest BCUT2D eigenvalue weighted by Crippen LogP contribution is 2.44. The summed E-state index contributed by atoms with van der Waals surface area (Å²) in [5.74, 6) is -0.382. The van der Waals surface area contributed by atoms with Gasteiger partial charge >= 0.3 is 12.1 Å². The van der Waals surface area contributed by atoms with Crippen LogP contribution in [-0.4, -0.2) is 42.8 Å². The highest BCUT2D eigenvalue weighted by molar-refractivity contribution is 5.80. The minimum atomic E-state index is -0.940. The van der Waals surface area contributed by atoms with Gasteiger partial charge in [-0.05, 0) is 60.3 Å². The third-order valence-corrected chi connectivity index (χ3v) is 7.66.